The summed E-state index contributed by atoms with van der Waals surface area (Å²) in [6.07, 6.45) is 1.86. The molecular weight excluding hydrogens is 250 g/mol. The van der Waals surface area contributed by atoms with Crippen LogP contribution in [-0.4, -0.2) is 17.1 Å². The monoisotopic (exact) mass is 263 g/mol. The summed E-state index contributed by atoms with van der Waals surface area (Å²) in [4.78, 5) is 5.50. The van der Waals surface area contributed by atoms with Crippen molar-refractivity contribution in [1.82, 2.24) is 0 Å². The first kappa shape index (κ1) is 12.2. The first-order chi connectivity index (χ1) is 8.28. The minimum Gasteiger partial charge on any atom is -0.508 e. The number of nitrogens with zero attached hydrogens (tertiary/aromatic N) is 1. The molecule has 1 aromatic heterocycles. The molecule has 0 saturated carbocycles. The SMILES string of the molecule is CCSc1ccc(C=Nc2ccc(O)cc2)s1. The lowest BCUT2D eigenvalue weighted by molar-refractivity contribution is 0.475. The number of hydrogen-bond donors (Lipinski definition) is 1. The number of hydrogen-bond acceptors (Lipinski definition) is 4. The van der Waals surface area contributed by atoms with E-state index in [1.54, 1.807) is 35.6 Å². The van der Waals surface area contributed by atoms with E-state index >= 15 is 0 Å². The van der Waals surface area contributed by atoms with Crippen LogP contribution in [-0.2, 0) is 0 Å². The largest absolute Gasteiger partial charge is 0.508 e. The quantitative estimate of drug-likeness (QED) is 0.658. The van der Waals surface area contributed by atoms with Crippen molar-refractivity contribution in [2.75, 3.05) is 5.75 Å². The average Bonchev–Trinajstić information content (AvgIpc) is 2.77. The van der Waals surface area contributed by atoms with Crippen molar-refractivity contribution >= 4 is 35.0 Å². The van der Waals surface area contributed by atoms with Crippen LogP contribution in [0.15, 0.2) is 45.6 Å². The van der Waals surface area contributed by atoms with Crippen LogP contribution in [0.1, 0.15) is 11.8 Å². The lowest BCUT2D eigenvalue weighted by Gasteiger charge is -1.93. The third-order valence-corrected chi connectivity index (χ3v) is 4.21. The molecule has 0 radical (unpaired) electrons. The van der Waals surface area contributed by atoms with E-state index in [0.717, 1.165) is 16.3 Å². The second-order valence-corrected chi connectivity index (χ2v) is 6.04. The molecule has 17 heavy (non-hydrogen) atoms. The maximum Gasteiger partial charge on any atom is 0.115 e. The van der Waals surface area contributed by atoms with Crippen LogP contribution in [0.2, 0.25) is 0 Å². The number of phenols is 1. The summed E-state index contributed by atoms with van der Waals surface area (Å²) in [5.74, 6) is 1.36. The molecule has 0 unspecified atom stereocenters. The molecule has 0 spiro atoms. The summed E-state index contributed by atoms with van der Waals surface area (Å²) < 4.78 is 1.32. The van der Waals surface area contributed by atoms with Gasteiger partial charge in [0.05, 0.1) is 9.90 Å². The molecule has 88 valence electrons. The minimum atomic E-state index is 0.265. The summed E-state index contributed by atoms with van der Waals surface area (Å²) in [5, 5.41) is 9.15. The van der Waals surface area contributed by atoms with Crippen molar-refractivity contribution in [2.24, 2.45) is 4.99 Å². The average molecular weight is 263 g/mol. The molecule has 1 heterocycles. The molecule has 4 heteroatoms. The number of aromatic hydroxyl groups is 1. The molecule has 0 bridgehead atoms. The van der Waals surface area contributed by atoms with Gasteiger partial charge >= 0.3 is 0 Å². The van der Waals surface area contributed by atoms with Crippen LogP contribution in [0.5, 0.6) is 5.75 Å². The third-order valence-electron chi connectivity index (χ3n) is 2.08. The number of thiophene rings is 1. The molecule has 0 atom stereocenters. The van der Waals surface area contributed by atoms with Crippen LogP contribution in [0.3, 0.4) is 0 Å². The van der Waals surface area contributed by atoms with E-state index in [0.29, 0.717) is 0 Å². The van der Waals surface area contributed by atoms with Gasteiger partial charge in [0, 0.05) is 11.1 Å². The van der Waals surface area contributed by atoms with Crippen LogP contribution in [0, 0.1) is 0 Å². The van der Waals surface area contributed by atoms with Gasteiger partial charge in [-0.1, -0.05) is 6.92 Å². The highest BCUT2D eigenvalue weighted by Crippen LogP contribution is 2.26. The Labute approximate surface area is 109 Å². The Morgan fingerprint density at radius 2 is 2.00 bits per heavy atom. The molecule has 1 N–H and O–H groups in total. The molecule has 1 aromatic carbocycles. The highest BCUT2D eigenvalue weighted by atomic mass is 32.2. The number of thioether (sulfide) groups is 1. The third kappa shape index (κ3) is 3.61. The van der Waals surface area contributed by atoms with Crippen LogP contribution < -0.4 is 0 Å². The van der Waals surface area contributed by atoms with Crippen LogP contribution in [0.25, 0.3) is 0 Å². The first-order valence-electron chi connectivity index (χ1n) is 5.33. The lowest BCUT2D eigenvalue weighted by Crippen LogP contribution is -1.71. The number of benzene rings is 1. The second-order valence-electron chi connectivity index (χ2n) is 3.36. The maximum atomic E-state index is 9.15. The van der Waals surface area contributed by atoms with Crippen molar-refractivity contribution in [3.63, 3.8) is 0 Å². The Balaban J connectivity index is 2.06. The Bertz CT molecular complexity index is 502. The predicted molar refractivity (Wildman–Crippen MR) is 76.1 cm³/mol. The van der Waals surface area contributed by atoms with E-state index in [1.807, 2.05) is 18.0 Å². The van der Waals surface area contributed by atoms with Crippen molar-refractivity contribution in [3.8, 4) is 5.75 Å². The minimum absolute atomic E-state index is 0.265. The number of rotatable bonds is 4. The highest BCUT2D eigenvalue weighted by molar-refractivity contribution is 8.01. The summed E-state index contributed by atoms with van der Waals surface area (Å²) >= 11 is 3.59. The van der Waals surface area contributed by atoms with E-state index in [4.69, 9.17) is 5.11 Å². The second kappa shape index (κ2) is 5.89. The van der Waals surface area contributed by atoms with E-state index < -0.39 is 0 Å². The van der Waals surface area contributed by atoms with Crippen LogP contribution >= 0.6 is 23.1 Å². The fourth-order valence-corrected chi connectivity index (χ4v) is 3.24. The normalized spacial score (nSPS) is 11.1. The van der Waals surface area contributed by atoms with Gasteiger partial charge in [-0.15, -0.1) is 23.1 Å². The van der Waals surface area contributed by atoms with E-state index in [1.165, 1.54) is 4.21 Å². The van der Waals surface area contributed by atoms with Crippen molar-refractivity contribution in [3.05, 3.63) is 41.3 Å². The molecule has 0 amide bonds. The predicted octanol–water partition coefficient (Wildman–Crippen LogP) is 4.32. The summed E-state index contributed by atoms with van der Waals surface area (Å²) in [5.41, 5.74) is 0.848. The Morgan fingerprint density at radius 3 is 2.71 bits per heavy atom. The molecule has 2 rings (SSSR count). The zero-order valence-corrected chi connectivity index (χ0v) is 11.1. The fourth-order valence-electron chi connectivity index (χ4n) is 1.30. The maximum absolute atomic E-state index is 9.15. The summed E-state index contributed by atoms with van der Waals surface area (Å²) in [7, 11) is 0. The molecule has 0 aliphatic carbocycles. The Morgan fingerprint density at radius 1 is 1.24 bits per heavy atom. The molecule has 0 fully saturated rings. The van der Waals surface area contributed by atoms with Gasteiger partial charge in [0.15, 0.2) is 0 Å². The van der Waals surface area contributed by atoms with Crippen LogP contribution in [0.4, 0.5) is 5.69 Å². The zero-order valence-electron chi connectivity index (χ0n) is 9.46. The number of aliphatic imine (C=N–C) groups is 1. The summed E-state index contributed by atoms with van der Waals surface area (Å²) in [6.45, 7) is 2.15. The van der Waals surface area contributed by atoms with Gasteiger partial charge in [0.1, 0.15) is 5.75 Å². The van der Waals surface area contributed by atoms with E-state index in [-0.39, 0.29) is 5.75 Å². The smallest absolute Gasteiger partial charge is 0.115 e. The highest BCUT2D eigenvalue weighted by Gasteiger charge is 1.97. The Hall–Kier alpha value is -1.26. The van der Waals surface area contributed by atoms with Crippen molar-refractivity contribution < 1.29 is 5.11 Å². The summed E-state index contributed by atoms with van der Waals surface area (Å²) in [6, 6.07) is 11.1. The van der Waals surface area contributed by atoms with Crippen molar-refractivity contribution in [2.45, 2.75) is 11.1 Å². The van der Waals surface area contributed by atoms with Gasteiger partial charge in [-0.2, -0.15) is 0 Å². The Kier molecular flexibility index (Phi) is 4.23. The zero-order chi connectivity index (χ0) is 12.1. The topological polar surface area (TPSA) is 32.6 Å². The molecule has 0 aliphatic rings. The van der Waals surface area contributed by atoms with Gasteiger partial charge in [-0.05, 0) is 42.2 Å². The van der Waals surface area contributed by atoms with Gasteiger partial charge in [0.25, 0.3) is 0 Å². The molecule has 2 aromatic rings. The van der Waals surface area contributed by atoms with Gasteiger partial charge < -0.3 is 5.11 Å². The first-order valence-corrected chi connectivity index (χ1v) is 7.14. The molecular formula is C13H13NOS2. The standard InChI is InChI=1S/C13H13NOS2/c1-2-16-13-8-7-12(17-13)9-14-10-3-5-11(15)6-4-10/h3-9,15H,2H2,1H3. The molecule has 0 saturated heterocycles. The van der Waals surface area contributed by atoms with E-state index in [2.05, 4.69) is 24.0 Å². The van der Waals surface area contributed by atoms with Gasteiger partial charge in [-0.3, -0.25) is 4.99 Å². The van der Waals surface area contributed by atoms with Gasteiger partial charge in [-0.25, -0.2) is 0 Å². The van der Waals surface area contributed by atoms with Gasteiger partial charge in [0.2, 0.25) is 0 Å². The fraction of sp³-hybridized carbons (Fsp3) is 0.154. The molecule has 2 nitrogen and oxygen atoms in total. The van der Waals surface area contributed by atoms with Crippen molar-refractivity contribution in [1.29, 1.82) is 0 Å². The number of phenolic OH excluding ortho intramolecular Hbond substituents is 1. The van der Waals surface area contributed by atoms with E-state index in [9.17, 15) is 0 Å². The lowest BCUT2D eigenvalue weighted by atomic mass is 10.3. The molecule has 0 aliphatic heterocycles.